The Hall–Kier alpha value is 0.890. The van der Waals surface area contributed by atoms with Crippen molar-refractivity contribution in [2.24, 2.45) is 0 Å². The predicted molar refractivity (Wildman–Crippen MR) is 48.9 cm³/mol. The Morgan fingerprint density at radius 3 is 2.09 bits per heavy atom. The van der Waals surface area contributed by atoms with Gasteiger partial charge >= 0.3 is 0 Å². The second-order valence-electron chi connectivity index (χ2n) is 1.72. The molecule has 0 saturated heterocycles. The third-order valence-corrected chi connectivity index (χ3v) is 1.98. The molecule has 0 aromatic heterocycles. The van der Waals surface area contributed by atoms with E-state index in [0.29, 0.717) is 5.02 Å². The molecule has 11 heavy (non-hydrogen) atoms. The van der Waals surface area contributed by atoms with Gasteiger partial charge in [-0.1, -0.05) is 34.8 Å². The van der Waals surface area contributed by atoms with Crippen molar-refractivity contribution >= 4 is 64.4 Å². The average molecular weight is 220 g/mol. The first kappa shape index (κ1) is 11.9. The number of halogens is 3. The van der Waals surface area contributed by atoms with E-state index in [1.165, 1.54) is 12.1 Å². The van der Waals surface area contributed by atoms with Crippen LogP contribution in [0.3, 0.4) is 0 Å². The number of phenols is 1. The summed E-state index contributed by atoms with van der Waals surface area (Å²) in [7, 11) is 0. The van der Waals surface area contributed by atoms with E-state index >= 15 is 0 Å². The second kappa shape index (κ2) is 4.80. The van der Waals surface area contributed by atoms with E-state index in [1.807, 2.05) is 0 Å². The third kappa shape index (κ3) is 3.02. The van der Waals surface area contributed by atoms with Crippen LogP contribution in [0.25, 0.3) is 0 Å². The Balaban J connectivity index is 0.000001000. The molecule has 0 saturated carbocycles. The molecule has 0 amide bonds. The van der Waals surface area contributed by atoms with E-state index in [0.717, 1.165) is 0 Å². The van der Waals surface area contributed by atoms with E-state index in [1.54, 1.807) is 0 Å². The van der Waals surface area contributed by atoms with Gasteiger partial charge in [0, 0.05) is 40.6 Å². The van der Waals surface area contributed by atoms with Crippen molar-refractivity contribution in [2.45, 2.75) is 0 Å². The Bertz CT molecular complexity index is 241. The van der Waals surface area contributed by atoms with Crippen molar-refractivity contribution in [2.75, 3.05) is 0 Å². The Morgan fingerprint density at radius 2 is 1.64 bits per heavy atom. The molecule has 1 N–H and O–H groups in total. The first-order valence-corrected chi connectivity index (χ1v) is 3.58. The molecule has 1 nitrogen and oxygen atoms in total. The number of hydrogen-bond acceptors (Lipinski definition) is 1. The number of benzene rings is 1. The summed E-state index contributed by atoms with van der Waals surface area (Å²) in [6.45, 7) is 0. The van der Waals surface area contributed by atoms with Crippen LogP contribution in [-0.2, 0) is 0 Å². The standard InChI is InChI=1S/C6H3Cl3O.Na/c7-3-1-4(8)6(9)5(10)2-3;/h1-2,10H;. The Morgan fingerprint density at radius 1 is 1.09 bits per heavy atom. The van der Waals surface area contributed by atoms with E-state index in [9.17, 15) is 0 Å². The van der Waals surface area contributed by atoms with Gasteiger partial charge in [0.05, 0.1) is 5.02 Å². The van der Waals surface area contributed by atoms with Crippen LogP contribution in [0, 0.1) is 0 Å². The third-order valence-electron chi connectivity index (χ3n) is 0.974. The molecule has 0 atom stereocenters. The van der Waals surface area contributed by atoms with Crippen molar-refractivity contribution in [3.63, 3.8) is 0 Å². The molecule has 0 aliphatic rings. The second-order valence-corrected chi connectivity index (χ2v) is 2.94. The van der Waals surface area contributed by atoms with Gasteiger partial charge in [-0.15, -0.1) is 0 Å². The molecule has 0 fully saturated rings. The fourth-order valence-corrected chi connectivity index (χ4v) is 1.13. The molecule has 0 heterocycles. The van der Waals surface area contributed by atoms with Gasteiger partial charge in [0.25, 0.3) is 0 Å². The molecule has 0 bridgehead atoms. The fourth-order valence-electron chi connectivity index (χ4n) is 0.542. The summed E-state index contributed by atoms with van der Waals surface area (Å²) in [4.78, 5) is 0. The van der Waals surface area contributed by atoms with Gasteiger partial charge in [0.15, 0.2) is 0 Å². The predicted octanol–water partition coefficient (Wildman–Crippen LogP) is 2.97. The molecule has 1 aromatic carbocycles. The van der Waals surface area contributed by atoms with Gasteiger partial charge in [0.2, 0.25) is 0 Å². The molecule has 1 aromatic rings. The molecule has 1 rings (SSSR count). The van der Waals surface area contributed by atoms with Crippen molar-refractivity contribution in [1.82, 2.24) is 0 Å². The average Bonchev–Trinajstić information content (AvgIpc) is 1.82. The summed E-state index contributed by atoms with van der Waals surface area (Å²) in [5.74, 6) is -0.0980. The summed E-state index contributed by atoms with van der Waals surface area (Å²) in [6, 6.07) is 2.79. The number of phenolic OH excluding ortho intramolecular Hbond substituents is 1. The topological polar surface area (TPSA) is 20.2 Å². The van der Waals surface area contributed by atoms with Crippen LogP contribution in [0.15, 0.2) is 12.1 Å². The largest absolute Gasteiger partial charge is 0.506 e. The van der Waals surface area contributed by atoms with Gasteiger partial charge in [-0.3, -0.25) is 0 Å². The minimum Gasteiger partial charge on any atom is -0.506 e. The van der Waals surface area contributed by atoms with Crippen LogP contribution < -0.4 is 0 Å². The molecule has 0 spiro atoms. The molecule has 55 valence electrons. The first-order valence-electron chi connectivity index (χ1n) is 2.45. The van der Waals surface area contributed by atoms with Crippen molar-refractivity contribution in [1.29, 1.82) is 0 Å². The zero-order valence-electron chi connectivity index (χ0n) is 5.74. The molecule has 0 unspecified atom stereocenters. The summed E-state index contributed by atoms with van der Waals surface area (Å²) in [6.07, 6.45) is 0. The zero-order chi connectivity index (χ0) is 7.72. The number of aromatic hydroxyl groups is 1. The van der Waals surface area contributed by atoms with Gasteiger partial charge in [-0.05, 0) is 6.07 Å². The van der Waals surface area contributed by atoms with Gasteiger partial charge < -0.3 is 5.11 Å². The van der Waals surface area contributed by atoms with Crippen LogP contribution in [0.1, 0.15) is 0 Å². The quantitative estimate of drug-likeness (QED) is 0.526. The van der Waals surface area contributed by atoms with Crippen LogP contribution >= 0.6 is 34.8 Å². The smallest absolute Gasteiger partial charge is 0.137 e. The maximum absolute atomic E-state index is 8.98. The molecule has 1 radical (unpaired) electrons. The summed E-state index contributed by atoms with van der Waals surface area (Å²) < 4.78 is 0. The minimum absolute atomic E-state index is 0. The molecule has 5 heteroatoms. The van der Waals surface area contributed by atoms with E-state index < -0.39 is 0 Å². The maximum Gasteiger partial charge on any atom is 0.137 e. The Labute approximate surface area is 102 Å². The van der Waals surface area contributed by atoms with Crippen LogP contribution in [0.4, 0.5) is 0 Å². The van der Waals surface area contributed by atoms with Crippen LogP contribution in [0.5, 0.6) is 5.75 Å². The summed E-state index contributed by atoms with van der Waals surface area (Å²) in [5, 5.41) is 9.73. The van der Waals surface area contributed by atoms with Crippen molar-refractivity contribution < 1.29 is 5.11 Å². The van der Waals surface area contributed by atoms with E-state index in [-0.39, 0.29) is 45.4 Å². The van der Waals surface area contributed by atoms with Gasteiger partial charge in [-0.25, -0.2) is 0 Å². The molecule has 0 aliphatic carbocycles. The summed E-state index contributed by atoms with van der Waals surface area (Å²) in [5.41, 5.74) is 0. The molecular formula is C6H3Cl3NaO. The van der Waals surface area contributed by atoms with Crippen LogP contribution in [0.2, 0.25) is 15.1 Å². The fraction of sp³-hybridized carbons (Fsp3) is 0. The SMILES string of the molecule is Oc1cc(Cl)cc(Cl)c1Cl.[Na]. The van der Waals surface area contributed by atoms with E-state index in [2.05, 4.69) is 0 Å². The number of rotatable bonds is 0. The minimum atomic E-state index is -0.0980. The van der Waals surface area contributed by atoms with Gasteiger partial charge in [0.1, 0.15) is 10.8 Å². The van der Waals surface area contributed by atoms with Crippen LogP contribution in [-0.4, -0.2) is 34.7 Å². The van der Waals surface area contributed by atoms with E-state index in [4.69, 9.17) is 39.9 Å². The zero-order valence-corrected chi connectivity index (χ0v) is 10.0. The summed E-state index contributed by atoms with van der Waals surface area (Å²) >= 11 is 16.6. The Kier molecular flexibility index (Phi) is 5.19. The maximum atomic E-state index is 8.98. The first-order chi connectivity index (χ1) is 4.61. The van der Waals surface area contributed by atoms with Crippen molar-refractivity contribution in [3.05, 3.63) is 27.2 Å². The normalized spacial score (nSPS) is 9.00. The van der Waals surface area contributed by atoms with Crippen molar-refractivity contribution in [3.8, 4) is 5.75 Å². The molecular weight excluding hydrogens is 217 g/mol. The monoisotopic (exact) mass is 219 g/mol. The van der Waals surface area contributed by atoms with Gasteiger partial charge in [-0.2, -0.15) is 0 Å². The number of hydrogen-bond donors (Lipinski definition) is 1. The molecule has 0 aliphatic heterocycles.